The van der Waals surface area contributed by atoms with E-state index in [2.05, 4.69) is 0 Å². The van der Waals surface area contributed by atoms with E-state index in [0.29, 0.717) is 19.0 Å². The predicted molar refractivity (Wildman–Crippen MR) is 78.0 cm³/mol. The summed E-state index contributed by atoms with van der Waals surface area (Å²) in [7, 11) is 0. The number of ether oxygens (including phenoxy) is 2. The van der Waals surface area contributed by atoms with E-state index in [1.54, 1.807) is 12.1 Å². The summed E-state index contributed by atoms with van der Waals surface area (Å²) in [6, 6.07) is 9.45. The molecule has 0 saturated heterocycles. The van der Waals surface area contributed by atoms with Gasteiger partial charge >= 0.3 is 0 Å². The summed E-state index contributed by atoms with van der Waals surface area (Å²) >= 11 is 5.84. The monoisotopic (exact) mass is 295 g/mol. The lowest BCUT2D eigenvalue weighted by molar-refractivity contribution is 0.217. The minimum absolute atomic E-state index is 0.244. The molecule has 0 amide bonds. The minimum atomic E-state index is -0.393. The number of hydrogen-bond acceptors (Lipinski definition) is 3. The van der Waals surface area contributed by atoms with Crippen molar-refractivity contribution in [2.75, 3.05) is 18.9 Å². The quantitative estimate of drug-likeness (QED) is 0.673. The highest BCUT2D eigenvalue weighted by Gasteiger charge is 2.03. The molecule has 2 rings (SSSR count). The molecule has 0 heterocycles. The van der Waals surface area contributed by atoms with Gasteiger partial charge in [-0.25, -0.2) is 4.39 Å². The first-order valence-electron chi connectivity index (χ1n) is 6.13. The van der Waals surface area contributed by atoms with E-state index in [1.807, 2.05) is 13.0 Å². The maximum atomic E-state index is 12.9. The van der Waals surface area contributed by atoms with Crippen molar-refractivity contribution in [2.45, 2.75) is 6.92 Å². The fourth-order valence-corrected chi connectivity index (χ4v) is 1.86. The van der Waals surface area contributed by atoms with Gasteiger partial charge in [-0.2, -0.15) is 0 Å². The molecule has 0 spiro atoms. The van der Waals surface area contributed by atoms with Gasteiger partial charge in [0, 0.05) is 5.69 Å². The summed E-state index contributed by atoms with van der Waals surface area (Å²) in [5, 5.41) is 0.244. The molecule has 0 aliphatic carbocycles. The van der Waals surface area contributed by atoms with Gasteiger partial charge in [0.15, 0.2) is 0 Å². The van der Waals surface area contributed by atoms with E-state index in [9.17, 15) is 4.39 Å². The van der Waals surface area contributed by atoms with Gasteiger partial charge in [0.25, 0.3) is 0 Å². The van der Waals surface area contributed by atoms with Crippen LogP contribution in [0.1, 0.15) is 5.56 Å². The zero-order valence-corrected chi connectivity index (χ0v) is 11.8. The number of benzene rings is 2. The van der Waals surface area contributed by atoms with Gasteiger partial charge in [-0.3, -0.25) is 0 Å². The molecule has 2 aromatic carbocycles. The zero-order chi connectivity index (χ0) is 14.5. The summed E-state index contributed by atoms with van der Waals surface area (Å²) in [6.45, 7) is 2.59. The number of hydrogen-bond donors (Lipinski definition) is 1. The van der Waals surface area contributed by atoms with Crippen LogP contribution < -0.4 is 15.2 Å². The Bertz CT molecular complexity index is 604. The Morgan fingerprint density at radius 1 is 1.10 bits per heavy atom. The second-order valence-corrected chi connectivity index (χ2v) is 4.70. The molecule has 0 aliphatic heterocycles. The van der Waals surface area contributed by atoms with Gasteiger partial charge in [0.1, 0.15) is 30.5 Å². The van der Waals surface area contributed by atoms with Crippen molar-refractivity contribution in [1.82, 2.24) is 0 Å². The molecule has 5 heteroatoms. The van der Waals surface area contributed by atoms with E-state index >= 15 is 0 Å². The summed E-state index contributed by atoms with van der Waals surface area (Å²) in [4.78, 5) is 0. The molecule has 20 heavy (non-hydrogen) atoms. The lowest BCUT2D eigenvalue weighted by atomic mass is 10.2. The van der Waals surface area contributed by atoms with Crippen LogP contribution in [0.2, 0.25) is 5.02 Å². The summed E-state index contributed by atoms with van der Waals surface area (Å²) < 4.78 is 23.8. The SMILES string of the molecule is Cc1cc(OCCOc2ccc(F)cc2Cl)ccc1N. The number of anilines is 1. The van der Waals surface area contributed by atoms with Crippen LogP contribution in [-0.4, -0.2) is 13.2 Å². The number of aryl methyl sites for hydroxylation is 1. The Hall–Kier alpha value is -1.94. The molecule has 0 saturated carbocycles. The Labute approximate surface area is 122 Å². The molecular formula is C15H15ClFNO2. The largest absolute Gasteiger partial charge is 0.490 e. The molecule has 0 bridgehead atoms. The summed E-state index contributed by atoms with van der Waals surface area (Å²) in [5.74, 6) is 0.770. The van der Waals surface area contributed by atoms with Gasteiger partial charge in [-0.05, 0) is 48.9 Å². The van der Waals surface area contributed by atoms with Crippen molar-refractivity contribution in [3.8, 4) is 11.5 Å². The van der Waals surface area contributed by atoms with E-state index in [0.717, 1.165) is 17.0 Å². The molecular weight excluding hydrogens is 281 g/mol. The summed E-state index contributed by atoms with van der Waals surface area (Å²) in [6.07, 6.45) is 0. The van der Waals surface area contributed by atoms with Crippen LogP contribution in [0.3, 0.4) is 0 Å². The number of nitrogen functional groups attached to an aromatic ring is 1. The average Bonchev–Trinajstić information content (AvgIpc) is 2.40. The van der Waals surface area contributed by atoms with E-state index in [1.165, 1.54) is 18.2 Å². The van der Waals surface area contributed by atoms with Crippen LogP contribution in [0.4, 0.5) is 10.1 Å². The third kappa shape index (κ3) is 3.78. The molecule has 2 aromatic rings. The Morgan fingerprint density at radius 3 is 2.55 bits per heavy atom. The van der Waals surface area contributed by atoms with E-state index in [-0.39, 0.29) is 5.02 Å². The van der Waals surface area contributed by atoms with Crippen molar-refractivity contribution in [3.05, 3.63) is 52.8 Å². The van der Waals surface area contributed by atoms with Gasteiger partial charge in [-0.15, -0.1) is 0 Å². The normalized spacial score (nSPS) is 10.3. The first kappa shape index (κ1) is 14.5. The maximum absolute atomic E-state index is 12.9. The molecule has 106 valence electrons. The van der Waals surface area contributed by atoms with Crippen LogP contribution in [-0.2, 0) is 0 Å². The van der Waals surface area contributed by atoms with Gasteiger partial charge in [0.05, 0.1) is 5.02 Å². The minimum Gasteiger partial charge on any atom is -0.490 e. The van der Waals surface area contributed by atoms with Crippen LogP contribution in [0, 0.1) is 12.7 Å². The van der Waals surface area contributed by atoms with Crippen molar-refractivity contribution in [1.29, 1.82) is 0 Å². The van der Waals surface area contributed by atoms with E-state index in [4.69, 9.17) is 26.8 Å². The molecule has 2 N–H and O–H groups in total. The molecule has 0 fully saturated rings. The second-order valence-electron chi connectivity index (χ2n) is 4.29. The Kier molecular flexibility index (Phi) is 4.69. The average molecular weight is 296 g/mol. The molecule has 0 aliphatic rings. The maximum Gasteiger partial charge on any atom is 0.138 e. The Morgan fingerprint density at radius 2 is 1.85 bits per heavy atom. The van der Waals surface area contributed by atoms with Crippen molar-refractivity contribution < 1.29 is 13.9 Å². The smallest absolute Gasteiger partial charge is 0.138 e. The van der Waals surface area contributed by atoms with Crippen molar-refractivity contribution >= 4 is 17.3 Å². The van der Waals surface area contributed by atoms with Crippen LogP contribution in [0.15, 0.2) is 36.4 Å². The molecule has 0 aromatic heterocycles. The highest BCUT2D eigenvalue weighted by atomic mass is 35.5. The molecule has 0 radical (unpaired) electrons. The highest BCUT2D eigenvalue weighted by Crippen LogP contribution is 2.24. The second kappa shape index (κ2) is 6.48. The Balaban J connectivity index is 1.82. The van der Waals surface area contributed by atoms with E-state index < -0.39 is 5.82 Å². The fourth-order valence-electron chi connectivity index (χ4n) is 1.64. The van der Waals surface area contributed by atoms with Crippen molar-refractivity contribution in [2.24, 2.45) is 0 Å². The third-order valence-electron chi connectivity index (χ3n) is 2.74. The predicted octanol–water partition coefficient (Wildman–Crippen LogP) is 3.83. The molecule has 0 atom stereocenters. The van der Waals surface area contributed by atoms with Gasteiger partial charge in [-0.1, -0.05) is 11.6 Å². The summed E-state index contributed by atoms with van der Waals surface area (Å²) in [5.41, 5.74) is 7.41. The standard InChI is InChI=1S/C15H15ClFNO2/c1-10-8-12(3-4-14(10)18)19-6-7-20-15-5-2-11(17)9-13(15)16/h2-5,8-9H,6-7,18H2,1H3. The molecule has 3 nitrogen and oxygen atoms in total. The first-order chi connectivity index (χ1) is 9.56. The number of halogens is 2. The first-order valence-corrected chi connectivity index (χ1v) is 6.51. The highest BCUT2D eigenvalue weighted by molar-refractivity contribution is 6.32. The van der Waals surface area contributed by atoms with Crippen molar-refractivity contribution in [3.63, 3.8) is 0 Å². The van der Waals surface area contributed by atoms with Gasteiger partial charge in [0.2, 0.25) is 0 Å². The third-order valence-corrected chi connectivity index (χ3v) is 3.04. The lowest BCUT2D eigenvalue weighted by Crippen LogP contribution is -2.09. The van der Waals surface area contributed by atoms with Crippen LogP contribution in [0.25, 0.3) is 0 Å². The van der Waals surface area contributed by atoms with Gasteiger partial charge < -0.3 is 15.2 Å². The topological polar surface area (TPSA) is 44.5 Å². The lowest BCUT2D eigenvalue weighted by Gasteiger charge is -2.10. The molecule has 0 unspecified atom stereocenters. The van der Waals surface area contributed by atoms with Crippen LogP contribution in [0.5, 0.6) is 11.5 Å². The fraction of sp³-hybridized carbons (Fsp3) is 0.200. The number of rotatable bonds is 5. The zero-order valence-electron chi connectivity index (χ0n) is 11.0. The number of nitrogens with two attached hydrogens (primary N) is 1. The van der Waals surface area contributed by atoms with Crippen LogP contribution >= 0.6 is 11.6 Å².